The second-order valence-corrected chi connectivity index (χ2v) is 7.50. The molecule has 2 aliphatic rings. The number of carbonyl (C=O) groups excluding carboxylic acids is 1. The Labute approximate surface area is 180 Å². The van der Waals surface area contributed by atoms with E-state index in [-0.39, 0.29) is 37.8 Å². The van der Waals surface area contributed by atoms with E-state index in [0.29, 0.717) is 12.2 Å². The summed E-state index contributed by atoms with van der Waals surface area (Å²) in [7, 11) is 0. The lowest BCUT2D eigenvalue weighted by molar-refractivity contribution is -0.122. The molecular formula is C24H32ClNO3. The number of benzene rings is 2. The Bertz CT molecular complexity index is 762. The Hall–Kier alpha value is -1.88. The largest absolute Gasteiger partial charge is 0.490 e. The minimum absolute atomic E-state index is 0. The van der Waals surface area contributed by atoms with Crippen molar-refractivity contribution in [1.82, 2.24) is 5.32 Å². The quantitative estimate of drug-likeness (QED) is 0.755. The summed E-state index contributed by atoms with van der Waals surface area (Å²) in [5.74, 6) is 1.46. The van der Waals surface area contributed by atoms with Crippen LogP contribution in [-0.4, -0.2) is 38.2 Å². The Kier molecular flexibility index (Phi) is 9.15. The van der Waals surface area contributed by atoms with Gasteiger partial charge in [0.05, 0.1) is 13.2 Å². The summed E-state index contributed by atoms with van der Waals surface area (Å²) in [6, 6.07) is 18.4. The standard InChI is InChI=1S/C23H27NO3.CH4.ClH/c25-23(22-16-24-15-21(22)18-6-2-1-3-7-18)14-17-5-4-8-20(13-17)27-19-9-11-26-12-10-19;;/h1-8,13,19,21-22,24H,9-12,14-16H2;1H4;1H/t21-,22+;;/m0../s1. The second-order valence-electron chi connectivity index (χ2n) is 7.50. The summed E-state index contributed by atoms with van der Waals surface area (Å²) < 4.78 is 11.5. The summed E-state index contributed by atoms with van der Waals surface area (Å²) in [6.45, 7) is 3.15. The lowest BCUT2D eigenvalue weighted by atomic mass is 9.84. The van der Waals surface area contributed by atoms with Crippen LogP contribution in [0.1, 0.15) is 37.3 Å². The van der Waals surface area contributed by atoms with Gasteiger partial charge in [0.15, 0.2) is 0 Å². The van der Waals surface area contributed by atoms with E-state index in [1.54, 1.807) is 0 Å². The van der Waals surface area contributed by atoms with Crippen LogP contribution >= 0.6 is 12.4 Å². The van der Waals surface area contributed by atoms with Crippen molar-refractivity contribution in [3.8, 4) is 5.75 Å². The van der Waals surface area contributed by atoms with Gasteiger partial charge < -0.3 is 14.8 Å². The van der Waals surface area contributed by atoms with Crippen LogP contribution in [0.3, 0.4) is 0 Å². The lowest BCUT2D eigenvalue weighted by Gasteiger charge is -2.23. The van der Waals surface area contributed by atoms with Gasteiger partial charge in [-0.25, -0.2) is 0 Å². The molecule has 0 radical (unpaired) electrons. The van der Waals surface area contributed by atoms with Crippen molar-refractivity contribution in [3.63, 3.8) is 0 Å². The minimum atomic E-state index is 0. The van der Waals surface area contributed by atoms with Gasteiger partial charge in [0.25, 0.3) is 0 Å². The third kappa shape index (κ3) is 6.05. The van der Waals surface area contributed by atoms with Crippen molar-refractivity contribution in [2.24, 2.45) is 5.92 Å². The fourth-order valence-electron chi connectivity index (χ4n) is 4.11. The maximum atomic E-state index is 13.0. The molecule has 0 amide bonds. The first-order valence-corrected chi connectivity index (χ1v) is 9.91. The molecular weight excluding hydrogens is 386 g/mol. The molecule has 4 rings (SSSR count). The van der Waals surface area contributed by atoms with Gasteiger partial charge in [-0.2, -0.15) is 0 Å². The average molecular weight is 418 g/mol. The molecule has 2 saturated heterocycles. The van der Waals surface area contributed by atoms with Crippen LogP contribution in [0.15, 0.2) is 54.6 Å². The number of carbonyl (C=O) groups is 1. The Morgan fingerprint density at radius 3 is 2.55 bits per heavy atom. The molecule has 0 saturated carbocycles. The zero-order valence-electron chi connectivity index (χ0n) is 16.0. The molecule has 0 unspecified atom stereocenters. The molecule has 0 bridgehead atoms. The van der Waals surface area contributed by atoms with Crippen molar-refractivity contribution in [2.45, 2.75) is 38.7 Å². The van der Waals surface area contributed by atoms with Gasteiger partial charge in [0.2, 0.25) is 0 Å². The van der Waals surface area contributed by atoms with Crippen LogP contribution in [0.2, 0.25) is 0 Å². The number of hydrogen-bond donors (Lipinski definition) is 1. The summed E-state index contributed by atoms with van der Waals surface area (Å²) in [5, 5.41) is 3.40. The van der Waals surface area contributed by atoms with Gasteiger partial charge in [-0.3, -0.25) is 4.79 Å². The maximum Gasteiger partial charge on any atom is 0.142 e. The first-order chi connectivity index (χ1) is 13.3. The van der Waals surface area contributed by atoms with Crippen molar-refractivity contribution in [3.05, 3.63) is 65.7 Å². The van der Waals surface area contributed by atoms with E-state index in [2.05, 4.69) is 17.4 Å². The normalized spacial score (nSPS) is 21.7. The van der Waals surface area contributed by atoms with Gasteiger partial charge in [-0.05, 0) is 23.3 Å². The molecule has 0 aromatic heterocycles. The fraction of sp³-hybridized carbons (Fsp3) is 0.458. The number of nitrogens with one attached hydrogen (secondary N) is 1. The van der Waals surface area contributed by atoms with Crippen LogP contribution < -0.4 is 10.1 Å². The highest BCUT2D eigenvalue weighted by Crippen LogP contribution is 2.30. The van der Waals surface area contributed by atoms with E-state index in [1.807, 2.05) is 42.5 Å². The molecule has 0 aliphatic carbocycles. The number of Topliss-reactive ketones (excluding diaryl/α,β-unsaturated/α-hetero) is 1. The summed E-state index contributed by atoms with van der Waals surface area (Å²) in [5.41, 5.74) is 2.28. The number of hydrogen-bond acceptors (Lipinski definition) is 4. The Morgan fingerprint density at radius 1 is 1.03 bits per heavy atom. The van der Waals surface area contributed by atoms with E-state index >= 15 is 0 Å². The maximum absolute atomic E-state index is 13.0. The van der Waals surface area contributed by atoms with Crippen LogP contribution in [0, 0.1) is 5.92 Å². The van der Waals surface area contributed by atoms with Gasteiger partial charge >= 0.3 is 0 Å². The first-order valence-electron chi connectivity index (χ1n) is 9.91. The zero-order chi connectivity index (χ0) is 18.5. The molecule has 1 N–H and O–H groups in total. The van der Waals surface area contributed by atoms with Crippen LogP contribution in [0.25, 0.3) is 0 Å². The predicted molar refractivity (Wildman–Crippen MR) is 119 cm³/mol. The Balaban J connectivity index is 0.00000150. The highest BCUT2D eigenvalue weighted by molar-refractivity contribution is 5.85. The van der Waals surface area contributed by atoms with Gasteiger partial charge in [-0.1, -0.05) is 49.9 Å². The molecule has 2 aliphatic heterocycles. The number of halogens is 1. The van der Waals surface area contributed by atoms with Crippen molar-refractivity contribution < 1.29 is 14.3 Å². The molecule has 2 aromatic rings. The topological polar surface area (TPSA) is 47.6 Å². The van der Waals surface area contributed by atoms with Crippen LogP contribution in [-0.2, 0) is 16.0 Å². The third-order valence-corrected chi connectivity index (χ3v) is 5.60. The van der Waals surface area contributed by atoms with E-state index in [0.717, 1.165) is 50.5 Å². The zero-order valence-corrected chi connectivity index (χ0v) is 16.8. The SMILES string of the molecule is C.Cl.O=C(Cc1cccc(OC2CCOCC2)c1)[C@@H]1CNC[C@H]1c1ccccc1. The molecule has 158 valence electrons. The van der Waals surface area contributed by atoms with E-state index in [4.69, 9.17) is 9.47 Å². The number of ketones is 1. The monoisotopic (exact) mass is 417 g/mol. The molecule has 29 heavy (non-hydrogen) atoms. The van der Waals surface area contributed by atoms with Crippen molar-refractivity contribution >= 4 is 18.2 Å². The van der Waals surface area contributed by atoms with E-state index in [9.17, 15) is 4.79 Å². The molecule has 2 heterocycles. The molecule has 2 atom stereocenters. The van der Waals surface area contributed by atoms with E-state index < -0.39 is 0 Å². The van der Waals surface area contributed by atoms with Crippen molar-refractivity contribution in [2.75, 3.05) is 26.3 Å². The third-order valence-electron chi connectivity index (χ3n) is 5.60. The predicted octanol–water partition coefficient (Wildman–Crippen LogP) is 4.42. The average Bonchev–Trinajstić information content (AvgIpc) is 3.20. The van der Waals surface area contributed by atoms with Crippen LogP contribution in [0.4, 0.5) is 0 Å². The highest BCUT2D eigenvalue weighted by Gasteiger charge is 2.33. The molecule has 0 spiro atoms. The van der Waals surface area contributed by atoms with Crippen LogP contribution in [0.5, 0.6) is 5.75 Å². The lowest BCUT2D eigenvalue weighted by Crippen LogP contribution is -2.26. The second kappa shape index (κ2) is 11.3. The van der Waals surface area contributed by atoms with E-state index in [1.165, 1.54) is 5.56 Å². The number of rotatable bonds is 6. The fourth-order valence-corrected chi connectivity index (χ4v) is 4.11. The molecule has 2 fully saturated rings. The summed E-state index contributed by atoms with van der Waals surface area (Å²) in [6.07, 6.45) is 2.53. The van der Waals surface area contributed by atoms with Gasteiger partial charge in [0.1, 0.15) is 17.6 Å². The smallest absolute Gasteiger partial charge is 0.142 e. The van der Waals surface area contributed by atoms with Gasteiger partial charge in [0, 0.05) is 44.2 Å². The number of ether oxygens (including phenoxy) is 2. The molecule has 2 aromatic carbocycles. The Morgan fingerprint density at radius 2 is 1.79 bits per heavy atom. The first kappa shape index (κ1) is 23.4. The molecule has 4 nitrogen and oxygen atoms in total. The summed E-state index contributed by atoms with van der Waals surface area (Å²) in [4.78, 5) is 13.0. The summed E-state index contributed by atoms with van der Waals surface area (Å²) >= 11 is 0. The van der Waals surface area contributed by atoms with Crippen molar-refractivity contribution in [1.29, 1.82) is 0 Å². The highest BCUT2D eigenvalue weighted by atomic mass is 35.5. The van der Waals surface area contributed by atoms with Gasteiger partial charge in [-0.15, -0.1) is 12.4 Å². The minimum Gasteiger partial charge on any atom is -0.490 e. The molecule has 5 heteroatoms.